The van der Waals surface area contributed by atoms with E-state index in [2.05, 4.69) is 6.92 Å². The summed E-state index contributed by atoms with van der Waals surface area (Å²) in [6.07, 6.45) is 2.94. The van der Waals surface area contributed by atoms with E-state index in [1.165, 1.54) is 0 Å². The maximum absolute atomic E-state index is 11.3. The van der Waals surface area contributed by atoms with Crippen LogP contribution in [0, 0.1) is 11.3 Å². The number of ether oxygens (including phenoxy) is 1. The van der Waals surface area contributed by atoms with Crippen LogP contribution in [0.25, 0.3) is 0 Å². The first kappa shape index (κ1) is 7.29. The zero-order chi connectivity index (χ0) is 7.90. The number of fused-ring (bicyclic) bond motifs is 1. The van der Waals surface area contributed by atoms with E-state index in [1.807, 2.05) is 0 Å². The summed E-state index contributed by atoms with van der Waals surface area (Å²) >= 11 is 0. The van der Waals surface area contributed by atoms with Gasteiger partial charge in [0.25, 0.3) is 0 Å². The molecule has 2 fully saturated rings. The fourth-order valence-corrected chi connectivity index (χ4v) is 2.25. The summed E-state index contributed by atoms with van der Waals surface area (Å²) in [6, 6.07) is 0. The zero-order valence-corrected chi connectivity index (χ0v) is 6.93. The lowest BCUT2D eigenvalue weighted by atomic mass is 9.76. The van der Waals surface area contributed by atoms with Crippen LogP contribution in [-0.4, -0.2) is 19.0 Å². The minimum Gasteiger partial charge on any atom is -0.381 e. The molecule has 0 N–H and O–H groups in total. The average Bonchev–Trinajstić information content (AvgIpc) is 2.29. The van der Waals surface area contributed by atoms with Gasteiger partial charge in [-0.2, -0.15) is 0 Å². The first-order chi connectivity index (χ1) is 5.22. The highest BCUT2D eigenvalue weighted by Crippen LogP contribution is 2.45. The number of hydrogen-bond donors (Lipinski definition) is 0. The maximum atomic E-state index is 11.3. The Labute approximate surface area is 66.9 Å². The van der Waals surface area contributed by atoms with Gasteiger partial charge in [0.2, 0.25) is 0 Å². The number of carbonyl (C=O) groups is 1. The van der Waals surface area contributed by atoms with Gasteiger partial charge in [-0.25, -0.2) is 0 Å². The van der Waals surface area contributed by atoms with Gasteiger partial charge in [-0.3, -0.25) is 4.79 Å². The first-order valence-corrected chi connectivity index (χ1v) is 4.33. The molecule has 2 aliphatic rings. The number of hydrogen-bond acceptors (Lipinski definition) is 2. The van der Waals surface area contributed by atoms with Gasteiger partial charge in [-0.05, 0) is 18.3 Å². The number of ketones is 1. The lowest BCUT2D eigenvalue weighted by Gasteiger charge is -2.34. The molecular formula is C9H14O2. The summed E-state index contributed by atoms with van der Waals surface area (Å²) in [7, 11) is 0. The van der Waals surface area contributed by atoms with Gasteiger partial charge in [-0.15, -0.1) is 0 Å². The van der Waals surface area contributed by atoms with Crippen molar-refractivity contribution in [3.05, 3.63) is 0 Å². The first-order valence-electron chi connectivity index (χ1n) is 4.33. The minimum atomic E-state index is 0.219. The predicted molar refractivity (Wildman–Crippen MR) is 41.3 cm³/mol. The summed E-state index contributed by atoms with van der Waals surface area (Å²) < 4.78 is 5.30. The lowest BCUT2D eigenvalue weighted by molar-refractivity contribution is -0.127. The molecule has 2 nitrogen and oxygen atoms in total. The summed E-state index contributed by atoms with van der Waals surface area (Å²) in [5.41, 5.74) is 0.287. The van der Waals surface area contributed by atoms with Crippen LogP contribution < -0.4 is 0 Å². The van der Waals surface area contributed by atoms with Crippen molar-refractivity contribution in [3.63, 3.8) is 0 Å². The van der Waals surface area contributed by atoms with Gasteiger partial charge in [-0.1, -0.05) is 6.92 Å². The van der Waals surface area contributed by atoms with Crippen molar-refractivity contribution in [2.24, 2.45) is 11.3 Å². The Balaban J connectivity index is 2.21. The van der Waals surface area contributed by atoms with Crippen LogP contribution in [0.5, 0.6) is 0 Å². The number of Topliss-reactive ketones (excluding diaryl/α,β-unsaturated/α-hetero) is 1. The molecule has 0 bridgehead atoms. The molecule has 0 aromatic heterocycles. The SMILES string of the molecule is CC12CCOCC1C(=O)CC2. The molecule has 2 rings (SSSR count). The summed E-state index contributed by atoms with van der Waals surface area (Å²) in [4.78, 5) is 11.3. The van der Waals surface area contributed by atoms with Crippen LogP contribution >= 0.6 is 0 Å². The smallest absolute Gasteiger partial charge is 0.138 e. The van der Waals surface area contributed by atoms with E-state index in [0.717, 1.165) is 25.9 Å². The molecule has 1 saturated carbocycles. The minimum absolute atomic E-state index is 0.219. The Morgan fingerprint density at radius 2 is 2.36 bits per heavy atom. The van der Waals surface area contributed by atoms with E-state index in [4.69, 9.17) is 4.74 Å². The Bertz CT molecular complexity index is 188. The Hall–Kier alpha value is -0.370. The van der Waals surface area contributed by atoms with Gasteiger partial charge in [0.15, 0.2) is 0 Å². The Morgan fingerprint density at radius 1 is 1.55 bits per heavy atom. The summed E-state index contributed by atoms with van der Waals surface area (Å²) in [5.74, 6) is 0.642. The van der Waals surface area contributed by atoms with Gasteiger partial charge in [0.05, 0.1) is 6.61 Å². The quantitative estimate of drug-likeness (QED) is 0.527. The van der Waals surface area contributed by atoms with Crippen LogP contribution in [-0.2, 0) is 9.53 Å². The molecule has 0 radical (unpaired) electrons. The molecule has 0 aromatic rings. The van der Waals surface area contributed by atoms with Gasteiger partial charge >= 0.3 is 0 Å². The molecule has 11 heavy (non-hydrogen) atoms. The predicted octanol–water partition coefficient (Wildman–Crippen LogP) is 1.39. The van der Waals surface area contributed by atoms with Gasteiger partial charge in [0.1, 0.15) is 5.78 Å². The van der Waals surface area contributed by atoms with E-state index < -0.39 is 0 Å². The normalized spacial score (nSPS) is 44.1. The fourth-order valence-electron chi connectivity index (χ4n) is 2.25. The van der Waals surface area contributed by atoms with Crippen molar-refractivity contribution in [1.82, 2.24) is 0 Å². The van der Waals surface area contributed by atoms with Crippen molar-refractivity contribution in [2.75, 3.05) is 13.2 Å². The molecule has 1 aliphatic heterocycles. The molecule has 1 aliphatic carbocycles. The van der Waals surface area contributed by atoms with E-state index in [-0.39, 0.29) is 11.3 Å². The molecule has 0 aromatic carbocycles. The molecule has 1 heterocycles. The number of rotatable bonds is 0. The van der Waals surface area contributed by atoms with Crippen molar-refractivity contribution >= 4 is 5.78 Å². The molecule has 2 heteroatoms. The third-order valence-electron chi connectivity index (χ3n) is 3.27. The highest BCUT2D eigenvalue weighted by atomic mass is 16.5. The van der Waals surface area contributed by atoms with Gasteiger partial charge < -0.3 is 4.74 Å². The van der Waals surface area contributed by atoms with E-state index in [0.29, 0.717) is 12.4 Å². The van der Waals surface area contributed by atoms with Crippen molar-refractivity contribution in [2.45, 2.75) is 26.2 Å². The third kappa shape index (κ3) is 1.00. The van der Waals surface area contributed by atoms with Crippen molar-refractivity contribution < 1.29 is 9.53 Å². The van der Waals surface area contributed by atoms with Crippen LogP contribution in [0.4, 0.5) is 0 Å². The van der Waals surface area contributed by atoms with Crippen LogP contribution in [0.3, 0.4) is 0 Å². The number of carbonyl (C=O) groups excluding carboxylic acids is 1. The summed E-state index contributed by atoms with van der Waals surface area (Å²) in [6.45, 7) is 3.75. The van der Waals surface area contributed by atoms with Crippen molar-refractivity contribution in [1.29, 1.82) is 0 Å². The third-order valence-corrected chi connectivity index (χ3v) is 3.27. The highest BCUT2D eigenvalue weighted by molar-refractivity contribution is 5.84. The maximum Gasteiger partial charge on any atom is 0.138 e. The van der Waals surface area contributed by atoms with E-state index in [9.17, 15) is 4.79 Å². The highest BCUT2D eigenvalue weighted by Gasteiger charge is 2.46. The second-order valence-corrected chi connectivity index (χ2v) is 4.00. The van der Waals surface area contributed by atoms with Crippen LogP contribution in [0.15, 0.2) is 0 Å². The largest absolute Gasteiger partial charge is 0.381 e. The monoisotopic (exact) mass is 154 g/mol. The second kappa shape index (κ2) is 2.31. The topological polar surface area (TPSA) is 26.3 Å². The molecule has 1 saturated heterocycles. The molecule has 2 unspecified atom stereocenters. The van der Waals surface area contributed by atoms with E-state index >= 15 is 0 Å². The Morgan fingerprint density at radius 3 is 3.09 bits per heavy atom. The fraction of sp³-hybridized carbons (Fsp3) is 0.889. The Kier molecular flexibility index (Phi) is 1.53. The lowest BCUT2D eigenvalue weighted by Crippen LogP contribution is -2.35. The second-order valence-electron chi connectivity index (χ2n) is 4.00. The van der Waals surface area contributed by atoms with Gasteiger partial charge in [0, 0.05) is 18.9 Å². The molecular weight excluding hydrogens is 140 g/mol. The average molecular weight is 154 g/mol. The molecule has 0 spiro atoms. The standard InChI is InChI=1S/C9H14O2/c1-9-3-2-8(10)7(9)6-11-5-4-9/h7H,2-6H2,1H3. The molecule has 62 valence electrons. The molecule has 2 atom stereocenters. The van der Waals surface area contributed by atoms with Crippen molar-refractivity contribution in [3.8, 4) is 0 Å². The zero-order valence-electron chi connectivity index (χ0n) is 6.93. The van der Waals surface area contributed by atoms with Crippen LogP contribution in [0.1, 0.15) is 26.2 Å². The van der Waals surface area contributed by atoms with Crippen LogP contribution in [0.2, 0.25) is 0 Å². The summed E-state index contributed by atoms with van der Waals surface area (Å²) in [5, 5.41) is 0. The molecule has 0 amide bonds. The van der Waals surface area contributed by atoms with E-state index in [1.54, 1.807) is 0 Å².